The minimum Gasteiger partial charge on any atom is -0.362 e. The lowest BCUT2D eigenvalue weighted by Crippen LogP contribution is -2.19. The Bertz CT molecular complexity index is 922. The predicted molar refractivity (Wildman–Crippen MR) is 108 cm³/mol. The fourth-order valence-electron chi connectivity index (χ4n) is 2.46. The summed E-state index contributed by atoms with van der Waals surface area (Å²) in [6, 6.07) is 8.90. The number of pyridine rings is 1. The largest absolute Gasteiger partial charge is 0.362 e. The maximum Gasteiger partial charge on any atom is 0.261 e. The number of nitrogens with one attached hydrogen (secondary N) is 1. The Morgan fingerprint density at radius 1 is 1.19 bits per heavy atom. The molecule has 0 aliphatic heterocycles. The number of carbonyl (C=O) groups is 1. The van der Waals surface area contributed by atoms with Gasteiger partial charge in [-0.2, -0.15) is 0 Å². The molecule has 2 aromatic heterocycles. The zero-order chi connectivity index (χ0) is 18.7. The van der Waals surface area contributed by atoms with E-state index in [2.05, 4.69) is 15.3 Å². The number of carbonyl (C=O) groups excluding carboxylic acids is 1. The fourth-order valence-corrected chi connectivity index (χ4v) is 3.87. The molecule has 0 saturated carbocycles. The molecule has 8 heteroatoms. The number of amides is 1. The normalized spacial score (nSPS) is 10.6. The van der Waals surface area contributed by atoms with Crippen molar-refractivity contribution in [3.8, 4) is 0 Å². The molecule has 3 rings (SSSR count). The van der Waals surface area contributed by atoms with Crippen LogP contribution >= 0.6 is 34.5 Å². The van der Waals surface area contributed by atoms with Crippen molar-refractivity contribution in [1.29, 1.82) is 0 Å². The Kier molecular flexibility index (Phi) is 5.76. The third kappa shape index (κ3) is 4.52. The molecule has 0 spiro atoms. The molecular formula is C18H16Cl2N4OS. The standard InChI is InChI=1S/C18H16Cl2N4OS/c1-24(2)16-15(4-3-5-21-16)17(25)23-18-22-10-14(26-18)8-11-6-12(19)9-13(20)7-11/h3-7,9-10H,8H2,1-2H3,(H,22,23,25). The second-order valence-corrected chi connectivity index (χ2v) is 7.80. The minimum atomic E-state index is -0.242. The summed E-state index contributed by atoms with van der Waals surface area (Å²) >= 11 is 13.5. The van der Waals surface area contributed by atoms with Crippen LogP contribution in [0.4, 0.5) is 10.9 Å². The van der Waals surface area contributed by atoms with Gasteiger partial charge in [0.25, 0.3) is 5.91 Å². The van der Waals surface area contributed by atoms with Gasteiger partial charge in [0, 0.05) is 47.8 Å². The molecule has 0 unspecified atom stereocenters. The molecule has 0 aliphatic rings. The molecule has 134 valence electrons. The highest BCUT2D eigenvalue weighted by Crippen LogP contribution is 2.26. The van der Waals surface area contributed by atoms with E-state index in [0.717, 1.165) is 10.4 Å². The number of hydrogen-bond donors (Lipinski definition) is 1. The van der Waals surface area contributed by atoms with E-state index >= 15 is 0 Å². The van der Waals surface area contributed by atoms with Gasteiger partial charge >= 0.3 is 0 Å². The molecule has 5 nitrogen and oxygen atoms in total. The van der Waals surface area contributed by atoms with Gasteiger partial charge in [-0.15, -0.1) is 11.3 Å². The van der Waals surface area contributed by atoms with E-state index in [4.69, 9.17) is 23.2 Å². The molecule has 0 radical (unpaired) electrons. The number of hydrogen-bond acceptors (Lipinski definition) is 5. The maximum atomic E-state index is 12.6. The molecule has 3 aromatic rings. The molecule has 0 saturated heterocycles. The van der Waals surface area contributed by atoms with Gasteiger partial charge in [0.15, 0.2) is 5.13 Å². The first-order chi connectivity index (χ1) is 12.4. The lowest BCUT2D eigenvalue weighted by atomic mass is 10.1. The van der Waals surface area contributed by atoms with Crippen molar-refractivity contribution in [2.75, 3.05) is 24.3 Å². The van der Waals surface area contributed by atoms with Crippen LogP contribution in [0.1, 0.15) is 20.8 Å². The Balaban J connectivity index is 1.73. The third-order valence-corrected chi connectivity index (χ3v) is 4.88. The van der Waals surface area contributed by atoms with Gasteiger partial charge in [-0.1, -0.05) is 23.2 Å². The second kappa shape index (κ2) is 8.03. The number of nitrogens with zero attached hydrogens (tertiary/aromatic N) is 3. The van der Waals surface area contributed by atoms with Crippen molar-refractivity contribution in [3.63, 3.8) is 0 Å². The summed E-state index contributed by atoms with van der Waals surface area (Å²) in [5.41, 5.74) is 1.49. The summed E-state index contributed by atoms with van der Waals surface area (Å²) in [4.78, 5) is 23.9. The summed E-state index contributed by atoms with van der Waals surface area (Å²) in [6.07, 6.45) is 4.04. The summed E-state index contributed by atoms with van der Waals surface area (Å²) < 4.78 is 0. The quantitative estimate of drug-likeness (QED) is 0.663. The molecule has 1 N–H and O–H groups in total. The monoisotopic (exact) mass is 406 g/mol. The average Bonchev–Trinajstić information content (AvgIpc) is 3.00. The highest BCUT2D eigenvalue weighted by molar-refractivity contribution is 7.15. The molecule has 26 heavy (non-hydrogen) atoms. The molecular weight excluding hydrogens is 391 g/mol. The van der Waals surface area contributed by atoms with Gasteiger partial charge in [0.2, 0.25) is 0 Å². The molecule has 0 aliphatic carbocycles. The van der Waals surface area contributed by atoms with Crippen LogP contribution in [0, 0.1) is 0 Å². The number of thiazole rings is 1. The average molecular weight is 407 g/mol. The molecule has 0 fully saturated rings. The van der Waals surface area contributed by atoms with Crippen LogP contribution in [-0.4, -0.2) is 30.0 Å². The van der Waals surface area contributed by atoms with Crippen molar-refractivity contribution in [3.05, 3.63) is 68.8 Å². The van der Waals surface area contributed by atoms with E-state index in [1.165, 1.54) is 11.3 Å². The molecule has 0 atom stereocenters. The van der Waals surface area contributed by atoms with Crippen LogP contribution in [0.3, 0.4) is 0 Å². The van der Waals surface area contributed by atoms with Crippen LogP contribution < -0.4 is 10.2 Å². The van der Waals surface area contributed by atoms with E-state index in [1.54, 1.807) is 35.5 Å². The maximum absolute atomic E-state index is 12.6. The highest BCUT2D eigenvalue weighted by atomic mass is 35.5. The van der Waals surface area contributed by atoms with E-state index in [-0.39, 0.29) is 5.91 Å². The summed E-state index contributed by atoms with van der Waals surface area (Å²) in [5, 5.41) is 4.56. The second-order valence-electron chi connectivity index (χ2n) is 5.81. The van der Waals surface area contributed by atoms with Crippen molar-refractivity contribution in [2.24, 2.45) is 0 Å². The van der Waals surface area contributed by atoms with Crippen LogP contribution in [0.5, 0.6) is 0 Å². The number of aromatic nitrogens is 2. The zero-order valence-corrected chi connectivity index (χ0v) is 16.5. The van der Waals surface area contributed by atoms with Crippen molar-refractivity contribution in [2.45, 2.75) is 6.42 Å². The number of anilines is 2. The Labute approximate surface area is 165 Å². The molecule has 1 amide bonds. The fraction of sp³-hybridized carbons (Fsp3) is 0.167. The summed E-state index contributed by atoms with van der Waals surface area (Å²) in [6.45, 7) is 0. The number of benzene rings is 1. The van der Waals surface area contributed by atoms with E-state index < -0.39 is 0 Å². The van der Waals surface area contributed by atoms with Crippen molar-refractivity contribution in [1.82, 2.24) is 9.97 Å². The smallest absolute Gasteiger partial charge is 0.261 e. The van der Waals surface area contributed by atoms with Crippen LogP contribution in [0.25, 0.3) is 0 Å². The first kappa shape index (κ1) is 18.6. The SMILES string of the molecule is CN(C)c1ncccc1C(=O)Nc1ncc(Cc2cc(Cl)cc(Cl)c2)s1. The Morgan fingerprint density at radius 3 is 2.62 bits per heavy atom. The van der Waals surface area contributed by atoms with E-state index in [0.29, 0.717) is 33.0 Å². The van der Waals surface area contributed by atoms with Crippen molar-refractivity contribution >= 4 is 51.4 Å². The van der Waals surface area contributed by atoms with E-state index in [9.17, 15) is 4.79 Å². The zero-order valence-electron chi connectivity index (χ0n) is 14.2. The summed E-state index contributed by atoms with van der Waals surface area (Å²) in [7, 11) is 3.69. The van der Waals surface area contributed by atoms with Gasteiger partial charge in [-0.3, -0.25) is 10.1 Å². The van der Waals surface area contributed by atoms with Crippen LogP contribution in [0.15, 0.2) is 42.7 Å². The van der Waals surface area contributed by atoms with Gasteiger partial charge in [0.1, 0.15) is 5.82 Å². The number of rotatable bonds is 5. The van der Waals surface area contributed by atoms with Crippen LogP contribution in [0.2, 0.25) is 10.0 Å². The minimum absolute atomic E-state index is 0.242. The van der Waals surface area contributed by atoms with Gasteiger partial charge in [-0.25, -0.2) is 9.97 Å². The summed E-state index contributed by atoms with van der Waals surface area (Å²) in [5.74, 6) is 0.365. The van der Waals surface area contributed by atoms with Gasteiger partial charge < -0.3 is 4.90 Å². The lowest BCUT2D eigenvalue weighted by Gasteiger charge is -2.14. The van der Waals surface area contributed by atoms with Gasteiger partial charge in [0.05, 0.1) is 5.56 Å². The third-order valence-electron chi connectivity index (χ3n) is 3.53. The Hall–Kier alpha value is -2.15. The topological polar surface area (TPSA) is 58.1 Å². The number of halogens is 2. The lowest BCUT2D eigenvalue weighted by molar-refractivity contribution is 0.102. The first-order valence-corrected chi connectivity index (χ1v) is 9.33. The first-order valence-electron chi connectivity index (χ1n) is 7.76. The van der Waals surface area contributed by atoms with Gasteiger partial charge in [-0.05, 0) is 35.9 Å². The molecule has 2 heterocycles. The van der Waals surface area contributed by atoms with E-state index in [1.807, 2.05) is 26.2 Å². The Morgan fingerprint density at radius 2 is 1.92 bits per heavy atom. The predicted octanol–water partition coefficient (Wildman–Crippen LogP) is 4.75. The molecule has 0 bridgehead atoms. The van der Waals surface area contributed by atoms with Crippen molar-refractivity contribution < 1.29 is 4.79 Å². The molecule has 1 aromatic carbocycles. The van der Waals surface area contributed by atoms with Crippen LogP contribution in [-0.2, 0) is 6.42 Å². The highest BCUT2D eigenvalue weighted by Gasteiger charge is 2.15.